The van der Waals surface area contributed by atoms with E-state index in [0.29, 0.717) is 18.2 Å². The second kappa shape index (κ2) is 5.50. The van der Waals surface area contributed by atoms with Crippen molar-refractivity contribution in [2.24, 2.45) is 0 Å². The average molecular weight is 261 g/mol. The smallest absolute Gasteiger partial charge is 0.209 e. The zero-order valence-electron chi connectivity index (χ0n) is 10.6. The molecular weight excluding hydrogens is 245 g/mol. The lowest BCUT2D eigenvalue weighted by Crippen LogP contribution is -2.42. The minimum Gasteiger partial charge on any atom is -0.439 e. The number of aromatic nitrogens is 1. The summed E-state index contributed by atoms with van der Waals surface area (Å²) in [6.07, 6.45) is 1.66. The van der Waals surface area contributed by atoms with Gasteiger partial charge in [-0.05, 0) is 12.1 Å². The first-order valence-corrected chi connectivity index (χ1v) is 6.45. The first kappa shape index (κ1) is 12.3. The standard InChI is InChI=1S/C14H16FN3O/c15-12-3-1-2-11(8-12)13-9-17-14(19-13)10-18-6-4-16-5-7-18/h1-3,8-9,16H,4-7,10H2. The van der Waals surface area contributed by atoms with Gasteiger partial charge in [0.2, 0.25) is 5.89 Å². The summed E-state index contributed by atoms with van der Waals surface area (Å²) in [7, 11) is 0. The largest absolute Gasteiger partial charge is 0.439 e. The molecular formula is C14H16FN3O. The summed E-state index contributed by atoms with van der Waals surface area (Å²) in [5.74, 6) is 1.03. The highest BCUT2D eigenvalue weighted by Gasteiger charge is 2.13. The summed E-state index contributed by atoms with van der Waals surface area (Å²) in [6.45, 7) is 4.70. The second-order valence-corrected chi connectivity index (χ2v) is 4.65. The molecule has 0 unspecified atom stereocenters. The molecule has 1 aliphatic rings. The molecule has 100 valence electrons. The quantitative estimate of drug-likeness (QED) is 0.916. The summed E-state index contributed by atoms with van der Waals surface area (Å²) in [6, 6.07) is 6.36. The van der Waals surface area contributed by atoms with Crippen molar-refractivity contribution in [1.82, 2.24) is 15.2 Å². The Hall–Kier alpha value is -1.72. The van der Waals surface area contributed by atoms with E-state index < -0.39 is 0 Å². The van der Waals surface area contributed by atoms with Crippen LogP contribution in [0.3, 0.4) is 0 Å². The molecule has 1 N–H and O–H groups in total. The SMILES string of the molecule is Fc1cccc(-c2cnc(CN3CCNCC3)o2)c1. The molecule has 1 aromatic heterocycles. The van der Waals surface area contributed by atoms with E-state index in [2.05, 4.69) is 15.2 Å². The van der Waals surface area contributed by atoms with Crippen molar-refractivity contribution in [3.05, 3.63) is 42.2 Å². The summed E-state index contributed by atoms with van der Waals surface area (Å²) in [4.78, 5) is 6.55. The van der Waals surface area contributed by atoms with Gasteiger partial charge in [0, 0.05) is 31.7 Å². The number of benzene rings is 1. The third kappa shape index (κ3) is 3.00. The van der Waals surface area contributed by atoms with Crippen LogP contribution in [0, 0.1) is 5.82 Å². The highest BCUT2D eigenvalue weighted by atomic mass is 19.1. The van der Waals surface area contributed by atoms with Gasteiger partial charge >= 0.3 is 0 Å². The molecule has 5 heteroatoms. The van der Waals surface area contributed by atoms with E-state index in [1.54, 1.807) is 12.3 Å². The maximum Gasteiger partial charge on any atom is 0.209 e. The third-order valence-electron chi connectivity index (χ3n) is 3.23. The van der Waals surface area contributed by atoms with E-state index in [1.807, 2.05) is 6.07 Å². The maximum absolute atomic E-state index is 13.2. The second-order valence-electron chi connectivity index (χ2n) is 4.65. The predicted molar refractivity (Wildman–Crippen MR) is 70.0 cm³/mol. The molecule has 1 saturated heterocycles. The lowest BCUT2D eigenvalue weighted by Gasteiger charge is -2.25. The van der Waals surface area contributed by atoms with Crippen molar-refractivity contribution in [2.45, 2.75) is 6.54 Å². The Morgan fingerprint density at radius 2 is 2.16 bits per heavy atom. The van der Waals surface area contributed by atoms with E-state index in [4.69, 9.17) is 4.42 Å². The van der Waals surface area contributed by atoms with Crippen molar-refractivity contribution >= 4 is 0 Å². The first-order chi connectivity index (χ1) is 9.31. The molecule has 1 fully saturated rings. The first-order valence-electron chi connectivity index (χ1n) is 6.45. The van der Waals surface area contributed by atoms with Gasteiger partial charge in [0.05, 0.1) is 12.7 Å². The number of hydrogen-bond donors (Lipinski definition) is 1. The fourth-order valence-electron chi connectivity index (χ4n) is 2.22. The molecule has 0 radical (unpaired) electrons. The van der Waals surface area contributed by atoms with E-state index >= 15 is 0 Å². The summed E-state index contributed by atoms with van der Waals surface area (Å²) < 4.78 is 18.8. The van der Waals surface area contributed by atoms with Crippen LogP contribution in [-0.4, -0.2) is 36.1 Å². The van der Waals surface area contributed by atoms with Crippen LogP contribution in [0.25, 0.3) is 11.3 Å². The number of nitrogens with one attached hydrogen (secondary N) is 1. The van der Waals surface area contributed by atoms with Gasteiger partial charge < -0.3 is 9.73 Å². The van der Waals surface area contributed by atoms with Gasteiger partial charge in [-0.2, -0.15) is 0 Å². The third-order valence-corrected chi connectivity index (χ3v) is 3.23. The van der Waals surface area contributed by atoms with Crippen LogP contribution in [0.4, 0.5) is 4.39 Å². The summed E-state index contributed by atoms with van der Waals surface area (Å²) >= 11 is 0. The Morgan fingerprint density at radius 3 is 2.95 bits per heavy atom. The number of piperazine rings is 1. The van der Waals surface area contributed by atoms with Crippen LogP contribution < -0.4 is 5.32 Å². The van der Waals surface area contributed by atoms with E-state index in [0.717, 1.165) is 31.7 Å². The molecule has 0 amide bonds. The number of nitrogens with zero attached hydrogens (tertiary/aromatic N) is 2. The molecule has 0 spiro atoms. The number of hydrogen-bond acceptors (Lipinski definition) is 4. The molecule has 0 bridgehead atoms. The van der Waals surface area contributed by atoms with E-state index in [-0.39, 0.29) is 5.82 Å². The van der Waals surface area contributed by atoms with E-state index in [9.17, 15) is 4.39 Å². The Bertz CT molecular complexity index is 549. The fraction of sp³-hybridized carbons (Fsp3) is 0.357. The Morgan fingerprint density at radius 1 is 1.32 bits per heavy atom. The van der Waals surface area contributed by atoms with Gasteiger partial charge in [0.25, 0.3) is 0 Å². The van der Waals surface area contributed by atoms with Crippen LogP contribution in [-0.2, 0) is 6.54 Å². The predicted octanol–water partition coefficient (Wildman–Crippen LogP) is 1.89. The van der Waals surface area contributed by atoms with Crippen molar-refractivity contribution in [3.63, 3.8) is 0 Å². The highest BCUT2D eigenvalue weighted by molar-refractivity contribution is 5.56. The molecule has 4 nitrogen and oxygen atoms in total. The lowest BCUT2D eigenvalue weighted by molar-refractivity contribution is 0.213. The van der Waals surface area contributed by atoms with Gasteiger partial charge in [0.1, 0.15) is 5.82 Å². The van der Waals surface area contributed by atoms with Gasteiger partial charge in [-0.1, -0.05) is 12.1 Å². The molecule has 1 aliphatic heterocycles. The molecule has 2 aromatic rings. The molecule has 1 aromatic carbocycles. The average Bonchev–Trinajstić information content (AvgIpc) is 2.88. The highest BCUT2D eigenvalue weighted by Crippen LogP contribution is 2.21. The van der Waals surface area contributed by atoms with Crippen LogP contribution in [0.1, 0.15) is 5.89 Å². The van der Waals surface area contributed by atoms with Gasteiger partial charge in [-0.15, -0.1) is 0 Å². The molecule has 0 saturated carbocycles. The zero-order valence-corrected chi connectivity index (χ0v) is 10.6. The van der Waals surface area contributed by atoms with Gasteiger partial charge in [-0.3, -0.25) is 4.90 Å². The van der Waals surface area contributed by atoms with Crippen LogP contribution >= 0.6 is 0 Å². The van der Waals surface area contributed by atoms with Crippen molar-refractivity contribution < 1.29 is 8.81 Å². The van der Waals surface area contributed by atoms with Crippen LogP contribution in [0.5, 0.6) is 0 Å². The monoisotopic (exact) mass is 261 g/mol. The van der Waals surface area contributed by atoms with E-state index in [1.165, 1.54) is 12.1 Å². The Labute approximate surface area is 111 Å². The molecule has 0 aliphatic carbocycles. The molecule has 19 heavy (non-hydrogen) atoms. The normalized spacial score (nSPS) is 16.7. The fourth-order valence-corrected chi connectivity index (χ4v) is 2.22. The summed E-state index contributed by atoms with van der Waals surface area (Å²) in [5, 5.41) is 3.30. The number of halogens is 1. The number of rotatable bonds is 3. The minimum absolute atomic E-state index is 0.266. The van der Waals surface area contributed by atoms with Crippen LogP contribution in [0.15, 0.2) is 34.9 Å². The molecule has 2 heterocycles. The Balaban J connectivity index is 1.72. The molecule has 3 rings (SSSR count). The van der Waals surface area contributed by atoms with Crippen LogP contribution in [0.2, 0.25) is 0 Å². The molecule has 0 atom stereocenters. The van der Waals surface area contributed by atoms with Crippen molar-refractivity contribution in [3.8, 4) is 11.3 Å². The van der Waals surface area contributed by atoms with Crippen molar-refractivity contribution in [2.75, 3.05) is 26.2 Å². The van der Waals surface area contributed by atoms with Gasteiger partial charge in [-0.25, -0.2) is 9.37 Å². The van der Waals surface area contributed by atoms with Crippen molar-refractivity contribution in [1.29, 1.82) is 0 Å². The summed E-state index contributed by atoms with van der Waals surface area (Å²) in [5.41, 5.74) is 0.721. The number of oxazole rings is 1. The topological polar surface area (TPSA) is 41.3 Å². The minimum atomic E-state index is -0.266. The Kier molecular flexibility index (Phi) is 3.57. The lowest BCUT2D eigenvalue weighted by atomic mass is 10.2. The zero-order chi connectivity index (χ0) is 13.1. The van der Waals surface area contributed by atoms with Gasteiger partial charge in [0.15, 0.2) is 5.76 Å². The maximum atomic E-state index is 13.2.